The van der Waals surface area contributed by atoms with Crippen LogP contribution in [0.4, 0.5) is 0 Å². The first-order valence-corrected chi connectivity index (χ1v) is 4.53. The molecule has 0 bridgehead atoms. The summed E-state index contributed by atoms with van der Waals surface area (Å²) in [6.07, 6.45) is -1.20. The summed E-state index contributed by atoms with van der Waals surface area (Å²) in [4.78, 5) is 34.6. The Kier molecular flexibility index (Phi) is 2.81. The largest absolute Gasteiger partial charge is 0.479 e. The Morgan fingerprint density at radius 3 is 2.13 bits per heavy atom. The molecule has 1 fully saturated rings. The van der Waals surface area contributed by atoms with E-state index in [2.05, 4.69) is 0 Å². The minimum absolute atomic E-state index is 0.110. The molecule has 1 aliphatic rings. The van der Waals surface area contributed by atoms with E-state index in [0.29, 0.717) is 0 Å². The number of nitrogens with zero attached hydrogens (tertiary/aromatic N) is 1. The van der Waals surface area contributed by atoms with Gasteiger partial charge in [-0.15, -0.1) is 0 Å². The minimum Gasteiger partial charge on any atom is -0.479 e. The van der Waals surface area contributed by atoms with Crippen LogP contribution in [0.15, 0.2) is 0 Å². The summed E-state index contributed by atoms with van der Waals surface area (Å²) in [6.45, 7) is 2.18. The average Bonchev–Trinajstić information content (AvgIpc) is 2.43. The number of Topliss-reactive ketones (excluding diaryl/α,β-unsaturated/α-hetero) is 1. The average molecular weight is 215 g/mol. The maximum atomic E-state index is 11.4. The summed E-state index contributed by atoms with van der Waals surface area (Å²) in [5.74, 6) is -2.55. The van der Waals surface area contributed by atoms with E-state index in [1.54, 1.807) is 0 Å². The van der Waals surface area contributed by atoms with Gasteiger partial charge in [0.15, 0.2) is 5.78 Å². The highest BCUT2D eigenvalue weighted by Gasteiger charge is 2.56. The molecule has 0 aromatic heterocycles. The summed E-state index contributed by atoms with van der Waals surface area (Å²) in [5, 5.41) is 18.4. The Morgan fingerprint density at radius 2 is 1.87 bits per heavy atom. The van der Waals surface area contributed by atoms with E-state index < -0.39 is 29.3 Å². The van der Waals surface area contributed by atoms with E-state index in [9.17, 15) is 19.5 Å². The molecule has 84 valence electrons. The summed E-state index contributed by atoms with van der Waals surface area (Å²) in [6, 6.07) is 0. The van der Waals surface area contributed by atoms with Gasteiger partial charge in [0.25, 0.3) is 0 Å². The number of carboxylic acids is 1. The second-order valence-electron chi connectivity index (χ2n) is 3.71. The lowest BCUT2D eigenvalue weighted by Crippen LogP contribution is -2.57. The Hall–Kier alpha value is -1.43. The van der Waals surface area contributed by atoms with Crippen molar-refractivity contribution in [2.24, 2.45) is 0 Å². The first-order valence-electron chi connectivity index (χ1n) is 4.53. The van der Waals surface area contributed by atoms with Crippen LogP contribution in [0.5, 0.6) is 0 Å². The van der Waals surface area contributed by atoms with Crippen molar-refractivity contribution in [1.82, 2.24) is 4.90 Å². The van der Waals surface area contributed by atoms with Gasteiger partial charge in [0.05, 0.1) is 6.10 Å². The number of amides is 1. The predicted octanol–water partition coefficient (Wildman–Crippen LogP) is -0.988. The van der Waals surface area contributed by atoms with Crippen molar-refractivity contribution in [3.05, 3.63) is 0 Å². The molecule has 0 aromatic carbocycles. The summed E-state index contributed by atoms with van der Waals surface area (Å²) in [7, 11) is 0. The van der Waals surface area contributed by atoms with Crippen LogP contribution in [0.1, 0.15) is 20.3 Å². The van der Waals surface area contributed by atoms with Gasteiger partial charge in [0, 0.05) is 19.9 Å². The first-order chi connectivity index (χ1) is 6.82. The molecule has 0 spiro atoms. The lowest BCUT2D eigenvalue weighted by Gasteiger charge is -2.30. The molecule has 1 heterocycles. The van der Waals surface area contributed by atoms with Crippen LogP contribution >= 0.6 is 0 Å². The topological polar surface area (TPSA) is 94.9 Å². The number of rotatable bonds is 2. The molecule has 15 heavy (non-hydrogen) atoms. The van der Waals surface area contributed by atoms with Crippen molar-refractivity contribution in [2.45, 2.75) is 31.9 Å². The van der Waals surface area contributed by atoms with Crippen molar-refractivity contribution < 1.29 is 24.6 Å². The smallest absolute Gasteiger partial charge is 0.337 e. The minimum atomic E-state index is -1.88. The zero-order chi connectivity index (χ0) is 11.8. The van der Waals surface area contributed by atoms with Gasteiger partial charge in [0.2, 0.25) is 11.4 Å². The zero-order valence-electron chi connectivity index (χ0n) is 8.56. The van der Waals surface area contributed by atoms with Crippen molar-refractivity contribution in [3.63, 3.8) is 0 Å². The van der Waals surface area contributed by atoms with Gasteiger partial charge in [-0.05, 0) is 6.92 Å². The molecule has 6 nitrogen and oxygen atoms in total. The summed E-state index contributed by atoms with van der Waals surface area (Å²) in [5.41, 5.74) is -1.88. The van der Waals surface area contributed by atoms with Crippen LogP contribution in [0.25, 0.3) is 0 Å². The van der Waals surface area contributed by atoms with Crippen molar-refractivity contribution in [3.8, 4) is 0 Å². The van der Waals surface area contributed by atoms with E-state index in [1.165, 1.54) is 6.92 Å². The van der Waals surface area contributed by atoms with Gasteiger partial charge in [-0.25, -0.2) is 4.79 Å². The number of β-amino-alcohol motifs (C(OH)–C–C–N with tert-alkyl or cyclic N) is 1. The summed E-state index contributed by atoms with van der Waals surface area (Å²) < 4.78 is 0. The van der Waals surface area contributed by atoms with Gasteiger partial charge in [-0.3, -0.25) is 9.59 Å². The van der Waals surface area contributed by atoms with Crippen LogP contribution in [-0.2, 0) is 14.4 Å². The number of carbonyl (C=O) groups excluding carboxylic acids is 2. The molecule has 0 aliphatic carbocycles. The Morgan fingerprint density at radius 1 is 1.33 bits per heavy atom. The fourth-order valence-corrected chi connectivity index (χ4v) is 1.97. The van der Waals surface area contributed by atoms with Crippen molar-refractivity contribution in [2.75, 3.05) is 6.54 Å². The number of likely N-dealkylation sites (tertiary alicyclic amines) is 1. The fraction of sp³-hybridized carbons (Fsp3) is 0.667. The van der Waals surface area contributed by atoms with Crippen LogP contribution in [0, 0.1) is 0 Å². The molecule has 1 saturated heterocycles. The van der Waals surface area contributed by atoms with Gasteiger partial charge in [-0.1, -0.05) is 0 Å². The third kappa shape index (κ3) is 1.61. The maximum Gasteiger partial charge on any atom is 0.337 e. The lowest BCUT2D eigenvalue weighted by atomic mass is 9.91. The molecule has 1 amide bonds. The molecule has 6 heteroatoms. The SMILES string of the molecule is CC(=O)N1CC(O)C[C@@]1(C(C)=O)C(=O)O. The number of hydrogen-bond donors (Lipinski definition) is 2. The van der Waals surface area contributed by atoms with Gasteiger partial charge in [-0.2, -0.15) is 0 Å². The number of carbonyl (C=O) groups is 3. The number of carboxylic acid groups (broad SMARTS) is 1. The number of ketones is 1. The van der Waals surface area contributed by atoms with Crippen molar-refractivity contribution >= 4 is 17.7 Å². The zero-order valence-corrected chi connectivity index (χ0v) is 8.56. The normalized spacial score (nSPS) is 30.3. The van der Waals surface area contributed by atoms with Crippen molar-refractivity contribution in [1.29, 1.82) is 0 Å². The van der Waals surface area contributed by atoms with Gasteiger partial charge >= 0.3 is 5.97 Å². The first kappa shape index (κ1) is 11.6. The van der Waals surface area contributed by atoms with E-state index in [4.69, 9.17) is 5.11 Å². The third-order valence-corrected chi connectivity index (χ3v) is 2.70. The van der Waals surface area contributed by atoms with Gasteiger partial charge < -0.3 is 15.1 Å². The second-order valence-corrected chi connectivity index (χ2v) is 3.71. The monoisotopic (exact) mass is 215 g/mol. The van der Waals surface area contributed by atoms with E-state index in [0.717, 1.165) is 11.8 Å². The van der Waals surface area contributed by atoms with Crippen LogP contribution in [-0.4, -0.2) is 51.0 Å². The number of hydrogen-bond acceptors (Lipinski definition) is 4. The standard InChI is InChI=1S/C9H13NO5/c1-5(11)9(8(14)15)3-7(13)4-10(9)6(2)12/h7,13H,3-4H2,1-2H3,(H,14,15)/t7?,9-/m1/s1. The van der Waals surface area contributed by atoms with Crippen LogP contribution in [0.2, 0.25) is 0 Å². The molecule has 1 rings (SSSR count). The third-order valence-electron chi connectivity index (χ3n) is 2.70. The molecule has 1 aliphatic heterocycles. The highest BCUT2D eigenvalue weighted by atomic mass is 16.4. The molecule has 0 aromatic rings. The maximum absolute atomic E-state index is 11.4. The van der Waals surface area contributed by atoms with E-state index >= 15 is 0 Å². The Labute approximate surface area is 86.5 Å². The van der Waals surface area contributed by atoms with Crippen LogP contribution < -0.4 is 0 Å². The molecule has 2 N–H and O–H groups in total. The Balaban J connectivity index is 3.21. The molecular weight excluding hydrogens is 202 g/mol. The van der Waals surface area contributed by atoms with Gasteiger partial charge in [0.1, 0.15) is 0 Å². The fourth-order valence-electron chi connectivity index (χ4n) is 1.97. The molecule has 2 atom stereocenters. The lowest BCUT2D eigenvalue weighted by molar-refractivity contribution is -0.160. The second kappa shape index (κ2) is 3.62. The highest BCUT2D eigenvalue weighted by molar-refractivity contribution is 6.09. The molecule has 0 radical (unpaired) electrons. The van der Waals surface area contributed by atoms with E-state index in [-0.39, 0.29) is 13.0 Å². The predicted molar refractivity (Wildman–Crippen MR) is 49.1 cm³/mol. The molecule has 1 unspecified atom stereocenters. The Bertz CT molecular complexity index is 310. The number of aliphatic carboxylic acids is 1. The molecular formula is C9H13NO5. The van der Waals surface area contributed by atoms with Crippen LogP contribution in [0.3, 0.4) is 0 Å². The molecule has 0 saturated carbocycles. The van der Waals surface area contributed by atoms with E-state index in [1.807, 2.05) is 0 Å². The number of aliphatic hydroxyl groups excluding tert-OH is 1. The summed E-state index contributed by atoms with van der Waals surface area (Å²) >= 11 is 0. The number of aliphatic hydroxyl groups is 1. The highest BCUT2D eigenvalue weighted by Crippen LogP contribution is 2.31. The quantitative estimate of drug-likeness (QED) is 0.577.